The molecule has 144 valence electrons. The van der Waals surface area contributed by atoms with Crippen LogP contribution in [0.4, 0.5) is 9.39 Å². The number of amides is 2. The molecule has 3 rings (SSSR count). The predicted octanol–water partition coefficient (Wildman–Crippen LogP) is 5.59. The molecule has 0 saturated carbocycles. The summed E-state index contributed by atoms with van der Waals surface area (Å²) < 4.78 is 13.2. The summed E-state index contributed by atoms with van der Waals surface area (Å²) >= 11 is 7.11. The Morgan fingerprint density at radius 2 is 1.79 bits per heavy atom. The first-order valence-corrected chi connectivity index (χ1v) is 9.77. The highest BCUT2D eigenvalue weighted by molar-refractivity contribution is 7.18. The normalized spacial score (nSPS) is 11.7. The number of hydrogen-bond donors (Lipinski definition) is 2. The van der Waals surface area contributed by atoms with Crippen LogP contribution in [-0.2, 0) is 0 Å². The van der Waals surface area contributed by atoms with E-state index in [1.165, 1.54) is 23.5 Å². The summed E-state index contributed by atoms with van der Waals surface area (Å²) in [5.41, 5.74) is 1.92. The maximum Gasteiger partial charge on any atom is 0.262 e. The first-order chi connectivity index (χ1) is 13.3. The van der Waals surface area contributed by atoms with E-state index in [1.54, 1.807) is 13.0 Å². The number of carbonyl (C=O) groups excluding carboxylic acids is 2. The molecule has 0 aliphatic heterocycles. The van der Waals surface area contributed by atoms with Crippen LogP contribution in [-0.4, -0.2) is 11.8 Å². The van der Waals surface area contributed by atoms with Crippen LogP contribution in [0.5, 0.6) is 0 Å². The van der Waals surface area contributed by atoms with E-state index in [0.29, 0.717) is 9.88 Å². The van der Waals surface area contributed by atoms with E-state index in [4.69, 9.17) is 11.6 Å². The molecule has 1 aromatic heterocycles. The second-order valence-electron chi connectivity index (χ2n) is 6.31. The molecular formula is C21H18ClFN2O2S. The maximum atomic E-state index is 13.2. The van der Waals surface area contributed by atoms with E-state index in [2.05, 4.69) is 10.6 Å². The molecule has 7 heteroatoms. The fourth-order valence-corrected chi connectivity index (χ4v) is 3.93. The van der Waals surface area contributed by atoms with Crippen LogP contribution in [0.15, 0.2) is 54.6 Å². The zero-order chi connectivity index (χ0) is 20.3. The Morgan fingerprint density at radius 3 is 2.46 bits per heavy atom. The summed E-state index contributed by atoms with van der Waals surface area (Å²) in [7, 11) is 0. The average molecular weight is 417 g/mol. The molecule has 2 N–H and O–H groups in total. The van der Waals surface area contributed by atoms with Crippen molar-refractivity contribution in [3.63, 3.8) is 0 Å². The standard InChI is InChI=1S/C21H18ClFN2O2S/c1-12-10-18(25-20(26)16-9-8-15(23)11-17(16)22)28-19(12)21(27)24-13(2)14-6-4-3-5-7-14/h3-11,13H,1-2H3,(H,24,27)(H,25,26)/t13-/m0/s1. The number of benzene rings is 2. The smallest absolute Gasteiger partial charge is 0.262 e. The lowest BCUT2D eigenvalue weighted by atomic mass is 10.1. The van der Waals surface area contributed by atoms with Gasteiger partial charge in [0.15, 0.2) is 0 Å². The second kappa shape index (κ2) is 8.54. The van der Waals surface area contributed by atoms with Gasteiger partial charge in [-0.25, -0.2) is 4.39 Å². The van der Waals surface area contributed by atoms with Gasteiger partial charge in [0.1, 0.15) is 5.82 Å². The molecule has 0 aliphatic carbocycles. The van der Waals surface area contributed by atoms with Crippen molar-refractivity contribution in [3.05, 3.63) is 87.0 Å². The van der Waals surface area contributed by atoms with E-state index in [1.807, 2.05) is 37.3 Å². The number of rotatable bonds is 5. The molecule has 1 heterocycles. The molecule has 4 nitrogen and oxygen atoms in total. The molecular weight excluding hydrogens is 399 g/mol. The topological polar surface area (TPSA) is 58.2 Å². The molecule has 28 heavy (non-hydrogen) atoms. The zero-order valence-electron chi connectivity index (χ0n) is 15.3. The van der Waals surface area contributed by atoms with Gasteiger partial charge in [0.2, 0.25) is 0 Å². The molecule has 0 bridgehead atoms. The van der Waals surface area contributed by atoms with Gasteiger partial charge in [0.25, 0.3) is 11.8 Å². The largest absolute Gasteiger partial charge is 0.345 e. The number of halogens is 2. The van der Waals surface area contributed by atoms with Gasteiger partial charge < -0.3 is 10.6 Å². The molecule has 0 unspecified atom stereocenters. The van der Waals surface area contributed by atoms with Crippen molar-refractivity contribution in [2.75, 3.05) is 5.32 Å². The van der Waals surface area contributed by atoms with Crippen LogP contribution in [0.3, 0.4) is 0 Å². The number of nitrogens with one attached hydrogen (secondary N) is 2. The van der Waals surface area contributed by atoms with Crippen molar-refractivity contribution in [1.82, 2.24) is 5.32 Å². The Morgan fingerprint density at radius 1 is 1.07 bits per heavy atom. The van der Waals surface area contributed by atoms with E-state index < -0.39 is 11.7 Å². The van der Waals surface area contributed by atoms with Crippen molar-refractivity contribution >= 4 is 39.8 Å². The first-order valence-electron chi connectivity index (χ1n) is 8.58. The quantitative estimate of drug-likeness (QED) is 0.569. The minimum absolute atomic E-state index is 0.0282. The van der Waals surface area contributed by atoms with Gasteiger partial charge >= 0.3 is 0 Å². The highest BCUT2D eigenvalue weighted by Crippen LogP contribution is 2.28. The van der Waals surface area contributed by atoms with Gasteiger partial charge in [0.05, 0.1) is 26.5 Å². The summed E-state index contributed by atoms with van der Waals surface area (Å²) in [5.74, 6) is -1.19. The van der Waals surface area contributed by atoms with E-state index >= 15 is 0 Å². The summed E-state index contributed by atoms with van der Waals surface area (Å²) in [6.07, 6.45) is 0. The van der Waals surface area contributed by atoms with Crippen molar-refractivity contribution in [3.8, 4) is 0 Å². The van der Waals surface area contributed by atoms with Crippen LogP contribution in [0.25, 0.3) is 0 Å². The van der Waals surface area contributed by atoms with Crippen molar-refractivity contribution in [2.45, 2.75) is 19.9 Å². The molecule has 0 radical (unpaired) electrons. The number of thiophene rings is 1. The predicted molar refractivity (Wildman–Crippen MR) is 111 cm³/mol. The number of carbonyl (C=O) groups is 2. The zero-order valence-corrected chi connectivity index (χ0v) is 16.8. The summed E-state index contributed by atoms with van der Waals surface area (Å²) in [5, 5.41) is 6.22. The van der Waals surface area contributed by atoms with Gasteiger partial charge in [0, 0.05) is 0 Å². The lowest BCUT2D eigenvalue weighted by molar-refractivity contribution is 0.0942. The Kier molecular flexibility index (Phi) is 6.11. The van der Waals surface area contributed by atoms with Gasteiger partial charge in [-0.05, 0) is 49.2 Å². The van der Waals surface area contributed by atoms with Crippen LogP contribution in [0.2, 0.25) is 5.02 Å². The molecule has 2 amide bonds. The first kappa shape index (κ1) is 20.0. The van der Waals surface area contributed by atoms with Crippen LogP contribution < -0.4 is 10.6 Å². The van der Waals surface area contributed by atoms with Crippen LogP contribution in [0.1, 0.15) is 44.1 Å². The van der Waals surface area contributed by atoms with Crippen molar-refractivity contribution < 1.29 is 14.0 Å². The lowest BCUT2D eigenvalue weighted by Crippen LogP contribution is -2.26. The van der Waals surface area contributed by atoms with E-state index in [9.17, 15) is 14.0 Å². The molecule has 0 spiro atoms. The number of aryl methyl sites for hydroxylation is 1. The Hall–Kier alpha value is -2.70. The number of anilines is 1. The molecule has 2 aromatic carbocycles. The lowest BCUT2D eigenvalue weighted by Gasteiger charge is -2.13. The van der Waals surface area contributed by atoms with Gasteiger partial charge in [-0.2, -0.15) is 0 Å². The highest BCUT2D eigenvalue weighted by atomic mass is 35.5. The summed E-state index contributed by atoms with van der Waals surface area (Å²) in [4.78, 5) is 25.5. The average Bonchev–Trinajstić information content (AvgIpc) is 3.02. The van der Waals surface area contributed by atoms with Crippen molar-refractivity contribution in [1.29, 1.82) is 0 Å². The van der Waals surface area contributed by atoms with Gasteiger partial charge in [-0.3, -0.25) is 9.59 Å². The summed E-state index contributed by atoms with van der Waals surface area (Å²) in [6, 6.07) is 14.8. The van der Waals surface area contributed by atoms with Crippen LogP contribution >= 0.6 is 22.9 Å². The second-order valence-corrected chi connectivity index (χ2v) is 7.77. The molecule has 0 aliphatic rings. The molecule has 0 saturated heterocycles. The fourth-order valence-electron chi connectivity index (χ4n) is 2.71. The van der Waals surface area contributed by atoms with E-state index in [0.717, 1.165) is 17.2 Å². The van der Waals surface area contributed by atoms with Crippen LogP contribution in [0, 0.1) is 12.7 Å². The third-order valence-corrected chi connectivity index (χ3v) is 5.65. The van der Waals surface area contributed by atoms with Gasteiger partial charge in [-0.15, -0.1) is 11.3 Å². The molecule has 3 aromatic rings. The van der Waals surface area contributed by atoms with E-state index in [-0.39, 0.29) is 22.5 Å². The maximum absolute atomic E-state index is 13.2. The molecule has 1 atom stereocenters. The minimum atomic E-state index is -0.514. The SMILES string of the molecule is Cc1cc(NC(=O)c2ccc(F)cc2Cl)sc1C(=O)N[C@@H](C)c1ccccc1. The minimum Gasteiger partial charge on any atom is -0.345 e. The third kappa shape index (κ3) is 4.58. The summed E-state index contributed by atoms with van der Waals surface area (Å²) in [6.45, 7) is 3.72. The third-order valence-electron chi connectivity index (χ3n) is 4.18. The monoisotopic (exact) mass is 416 g/mol. The number of hydrogen-bond acceptors (Lipinski definition) is 3. The highest BCUT2D eigenvalue weighted by Gasteiger charge is 2.18. The van der Waals surface area contributed by atoms with Crippen molar-refractivity contribution in [2.24, 2.45) is 0 Å². The Balaban J connectivity index is 1.72. The Bertz CT molecular complexity index is 1020. The van der Waals surface area contributed by atoms with Gasteiger partial charge in [-0.1, -0.05) is 41.9 Å². The molecule has 0 fully saturated rings. The fraction of sp³-hybridized carbons (Fsp3) is 0.143. The Labute approximate surface area is 171 Å².